The number of hydrogen-bond donors (Lipinski definition) is 0. The van der Waals surface area contributed by atoms with Gasteiger partial charge in [-0.25, -0.2) is 9.18 Å². The smallest absolute Gasteiger partial charge is 0.337 e. The van der Waals surface area contributed by atoms with Crippen molar-refractivity contribution >= 4 is 5.97 Å². The van der Waals surface area contributed by atoms with E-state index in [0.717, 1.165) is 6.08 Å². The number of halogens is 1. The van der Waals surface area contributed by atoms with Gasteiger partial charge in [0, 0.05) is 6.08 Å². The molecular weight excluding hydrogens is 229 g/mol. The number of nitrogens with zero attached hydrogens (tertiary/aromatic N) is 1. The lowest BCUT2D eigenvalue weighted by Gasteiger charge is -2.01. The van der Waals surface area contributed by atoms with Crippen molar-refractivity contribution < 1.29 is 18.8 Å². The lowest BCUT2D eigenvalue weighted by molar-refractivity contribution is -0.433. The summed E-state index contributed by atoms with van der Waals surface area (Å²) in [4.78, 5) is 20.8. The average molecular weight is 245 g/mol. The summed E-state index contributed by atoms with van der Waals surface area (Å²) in [7, 11) is 1.17. The molecule has 0 amide bonds. The summed E-state index contributed by atoms with van der Waals surface area (Å²) < 4.78 is 17.6. The molecule has 0 fully saturated rings. The lowest BCUT2D eigenvalue weighted by Crippen LogP contribution is -2.12. The van der Waals surface area contributed by atoms with E-state index in [2.05, 4.69) is 4.74 Å². The van der Waals surface area contributed by atoms with Gasteiger partial charge in [-0.3, -0.25) is 10.1 Å². The number of carbonyl (C=O) groups is 1. The van der Waals surface area contributed by atoms with Crippen molar-refractivity contribution in [2.24, 2.45) is 0 Å². The van der Waals surface area contributed by atoms with Gasteiger partial charge in [0.1, 0.15) is 0 Å². The van der Waals surface area contributed by atoms with Crippen LogP contribution in [0.25, 0.3) is 0 Å². The van der Waals surface area contributed by atoms with Gasteiger partial charge in [0.25, 0.3) is 5.70 Å². The number of nitro groups is 1. The summed E-state index contributed by atoms with van der Waals surface area (Å²) in [5.74, 6) is -0.691. The molecule has 0 bridgehead atoms. The van der Waals surface area contributed by atoms with Gasteiger partial charge in [-0.1, -0.05) is 19.9 Å². The zero-order valence-corrected chi connectivity index (χ0v) is 10.1. The third-order valence-electron chi connectivity index (χ3n) is 2.04. The van der Waals surface area contributed by atoms with E-state index >= 15 is 0 Å². The van der Waals surface area contributed by atoms with Crippen molar-refractivity contribution in [1.82, 2.24) is 0 Å². The topological polar surface area (TPSA) is 69.4 Å². The standard InChI is InChI=1S/C9H10FNO4.C2H6/c1-15-9(12)6-3-2-4-7(10)8(5-6)11(13)14;1-2/h3,5,7H,2,4H2,1H3;1-2H3. The highest BCUT2D eigenvalue weighted by molar-refractivity contribution is 5.91. The lowest BCUT2D eigenvalue weighted by atomic mass is 10.2. The Hall–Kier alpha value is -1.72. The Bertz CT molecular complexity index is 349. The minimum Gasteiger partial charge on any atom is -0.465 e. The molecule has 0 saturated carbocycles. The van der Waals surface area contributed by atoms with E-state index in [1.54, 1.807) is 0 Å². The predicted molar refractivity (Wildman–Crippen MR) is 60.7 cm³/mol. The largest absolute Gasteiger partial charge is 0.465 e. The molecule has 1 unspecified atom stereocenters. The van der Waals surface area contributed by atoms with E-state index in [1.807, 2.05) is 13.8 Å². The maximum absolute atomic E-state index is 13.2. The van der Waals surface area contributed by atoms with E-state index in [0.29, 0.717) is 0 Å². The van der Waals surface area contributed by atoms with Crippen LogP contribution in [0, 0.1) is 10.1 Å². The Balaban J connectivity index is 0.00000121. The second kappa shape index (κ2) is 7.54. The number of methoxy groups -OCH3 is 1. The van der Waals surface area contributed by atoms with Gasteiger partial charge < -0.3 is 4.74 Å². The molecule has 6 heteroatoms. The van der Waals surface area contributed by atoms with Crippen molar-refractivity contribution in [2.75, 3.05) is 7.11 Å². The molecule has 96 valence electrons. The van der Waals surface area contributed by atoms with Crippen LogP contribution in [-0.2, 0) is 9.53 Å². The molecule has 0 aliphatic heterocycles. The van der Waals surface area contributed by atoms with Gasteiger partial charge in [0.05, 0.1) is 17.6 Å². The van der Waals surface area contributed by atoms with Crippen molar-refractivity contribution in [3.05, 3.63) is 33.5 Å². The van der Waals surface area contributed by atoms with E-state index in [4.69, 9.17) is 0 Å². The zero-order chi connectivity index (χ0) is 13.4. The van der Waals surface area contributed by atoms with Crippen LogP contribution in [0.5, 0.6) is 0 Å². The van der Waals surface area contributed by atoms with Crippen LogP contribution in [-0.4, -0.2) is 24.2 Å². The summed E-state index contributed by atoms with van der Waals surface area (Å²) >= 11 is 0. The van der Waals surface area contributed by atoms with Crippen molar-refractivity contribution in [2.45, 2.75) is 32.9 Å². The summed E-state index contributed by atoms with van der Waals surface area (Å²) in [5.41, 5.74) is -0.562. The minimum absolute atomic E-state index is 0.00725. The van der Waals surface area contributed by atoms with Crippen LogP contribution >= 0.6 is 0 Å². The normalized spacial score (nSPS) is 18.9. The van der Waals surface area contributed by atoms with E-state index in [9.17, 15) is 19.3 Å². The maximum Gasteiger partial charge on any atom is 0.337 e. The highest BCUT2D eigenvalue weighted by Gasteiger charge is 2.27. The summed E-state index contributed by atoms with van der Waals surface area (Å²) in [5, 5.41) is 10.5. The fourth-order valence-corrected chi connectivity index (χ4v) is 1.27. The Morgan fingerprint density at radius 3 is 2.65 bits per heavy atom. The van der Waals surface area contributed by atoms with Crippen LogP contribution in [0.2, 0.25) is 0 Å². The van der Waals surface area contributed by atoms with Gasteiger partial charge in [0.15, 0.2) is 6.17 Å². The molecule has 1 aliphatic carbocycles. The van der Waals surface area contributed by atoms with Crippen molar-refractivity contribution in [3.8, 4) is 0 Å². The summed E-state index contributed by atoms with van der Waals surface area (Å²) in [6.45, 7) is 4.00. The molecule has 0 N–H and O–H groups in total. The van der Waals surface area contributed by atoms with E-state index in [-0.39, 0.29) is 18.4 Å². The van der Waals surface area contributed by atoms with Crippen LogP contribution < -0.4 is 0 Å². The number of allylic oxidation sites excluding steroid dienone is 2. The Morgan fingerprint density at radius 2 is 2.18 bits per heavy atom. The molecule has 0 heterocycles. The number of hydrogen-bond acceptors (Lipinski definition) is 4. The van der Waals surface area contributed by atoms with Crippen molar-refractivity contribution in [3.63, 3.8) is 0 Å². The molecule has 0 radical (unpaired) electrons. The maximum atomic E-state index is 13.2. The highest BCUT2D eigenvalue weighted by atomic mass is 19.1. The fraction of sp³-hybridized carbons (Fsp3) is 0.545. The summed E-state index contributed by atoms with van der Waals surface area (Å²) in [6, 6.07) is 0. The molecular formula is C11H16FNO4. The Labute approximate surface area is 99.1 Å². The van der Waals surface area contributed by atoms with Crippen LogP contribution in [0.1, 0.15) is 26.7 Å². The zero-order valence-electron chi connectivity index (χ0n) is 10.1. The highest BCUT2D eigenvalue weighted by Crippen LogP contribution is 2.21. The van der Waals surface area contributed by atoms with Gasteiger partial charge >= 0.3 is 5.97 Å². The Morgan fingerprint density at radius 1 is 1.59 bits per heavy atom. The number of esters is 1. The second-order valence-corrected chi connectivity index (χ2v) is 3.02. The van der Waals surface area contributed by atoms with Gasteiger partial charge in [0.2, 0.25) is 0 Å². The predicted octanol–water partition coefficient (Wildman–Crippen LogP) is 2.40. The molecule has 0 aromatic carbocycles. The monoisotopic (exact) mass is 245 g/mol. The number of carbonyl (C=O) groups excluding carboxylic acids is 1. The molecule has 1 atom stereocenters. The number of alkyl halides is 1. The first-order valence-electron chi connectivity index (χ1n) is 5.34. The molecule has 1 aliphatic rings. The number of ether oxygens (including phenoxy) is 1. The van der Waals surface area contributed by atoms with Gasteiger partial charge in [-0.2, -0.15) is 0 Å². The molecule has 5 nitrogen and oxygen atoms in total. The molecule has 0 spiro atoms. The SMILES string of the molecule is CC.COC(=O)C1=CCCC(F)C([N+](=O)[O-])=C1. The molecule has 0 saturated heterocycles. The first kappa shape index (κ1) is 15.3. The van der Waals surface area contributed by atoms with E-state index < -0.39 is 22.8 Å². The van der Waals surface area contributed by atoms with Crippen LogP contribution in [0.3, 0.4) is 0 Å². The first-order valence-corrected chi connectivity index (χ1v) is 5.34. The quantitative estimate of drug-likeness (QED) is 0.425. The molecule has 0 aromatic heterocycles. The molecule has 17 heavy (non-hydrogen) atoms. The second-order valence-electron chi connectivity index (χ2n) is 3.02. The molecule has 1 rings (SSSR count). The van der Waals surface area contributed by atoms with E-state index in [1.165, 1.54) is 13.2 Å². The summed E-state index contributed by atoms with van der Waals surface area (Å²) in [6.07, 6.45) is 1.02. The fourth-order valence-electron chi connectivity index (χ4n) is 1.27. The Kier molecular flexibility index (Phi) is 6.77. The van der Waals surface area contributed by atoms with Crippen LogP contribution in [0.15, 0.2) is 23.4 Å². The first-order chi connectivity index (χ1) is 8.06. The van der Waals surface area contributed by atoms with Gasteiger partial charge in [-0.15, -0.1) is 0 Å². The number of rotatable bonds is 2. The third-order valence-corrected chi connectivity index (χ3v) is 2.04. The van der Waals surface area contributed by atoms with Crippen molar-refractivity contribution in [1.29, 1.82) is 0 Å². The minimum atomic E-state index is -1.64. The van der Waals surface area contributed by atoms with Crippen LogP contribution in [0.4, 0.5) is 4.39 Å². The average Bonchev–Trinajstić information content (AvgIpc) is 2.53. The third kappa shape index (κ3) is 4.34. The molecule has 0 aromatic rings. The van der Waals surface area contributed by atoms with Gasteiger partial charge in [-0.05, 0) is 12.8 Å².